The lowest BCUT2D eigenvalue weighted by atomic mass is 10.1. The molecule has 0 spiro atoms. The highest BCUT2D eigenvalue weighted by atomic mass is 16.5. The van der Waals surface area contributed by atoms with Crippen molar-refractivity contribution in [1.29, 1.82) is 0 Å². The van der Waals surface area contributed by atoms with Crippen LogP contribution < -0.4 is 15.4 Å². The lowest BCUT2D eigenvalue weighted by molar-refractivity contribution is -0.118. The van der Waals surface area contributed by atoms with Crippen LogP contribution in [0, 0.1) is 6.92 Å². The number of ether oxygens (including phenoxy) is 1. The number of anilines is 1. The van der Waals surface area contributed by atoms with Gasteiger partial charge in [0.25, 0.3) is 11.8 Å². The Bertz CT molecular complexity index is 995. The molecule has 3 heterocycles. The molecule has 0 saturated heterocycles. The highest BCUT2D eigenvalue weighted by molar-refractivity contribution is 5.95. The number of hydrogen-bond acceptors (Lipinski definition) is 5. The summed E-state index contributed by atoms with van der Waals surface area (Å²) in [5.41, 5.74) is 3.24. The minimum Gasteiger partial charge on any atom is -0.482 e. The van der Waals surface area contributed by atoms with Crippen molar-refractivity contribution >= 4 is 23.1 Å². The number of nitrogens with one attached hydrogen (secondary N) is 2. The quantitative estimate of drug-likeness (QED) is 0.751. The van der Waals surface area contributed by atoms with Crippen LogP contribution in [0.15, 0.2) is 36.5 Å². The molecular weight excluding hydrogens is 322 g/mol. The van der Waals surface area contributed by atoms with Gasteiger partial charge in [0.05, 0.1) is 11.9 Å². The number of amides is 2. The molecule has 1 aromatic carbocycles. The molecule has 0 saturated carbocycles. The van der Waals surface area contributed by atoms with Crippen LogP contribution in [0.1, 0.15) is 21.7 Å². The van der Waals surface area contributed by atoms with Crippen LogP contribution in [0.3, 0.4) is 0 Å². The molecule has 8 heteroatoms. The maximum Gasteiger partial charge on any atom is 0.270 e. The third kappa shape index (κ3) is 2.89. The van der Waals surface area contributed by atoms with E-state index in [0.717, 1.165) is 11.3 Å². The fraction of sp³-hybridized carbons (Fsp3) is 0.176. The van der Waals surface area contributed by atoms with Gasteiger partial charge in [-0.1, -0.05) is 6.07 Å². The van der Waals surface area contributed by atoms with E-state index < -0.39 is 0 Å². The molecule has 1 aliphatic rings. The van der Waals surface area contributed by atoms with Crippen LogP contribution >= 0.6 is 0 Å². The summed E-state index contributed by atoms with van der Waals surface area (Å²) in [7, 11) is 0. The van der Waals surface area contributed by atoms with Gasteiger partial charge >= 0.3 is 0 Å². The first kappa shape index (κ1) is 15.1. The van der Waals surface area contributed by atoms with E-state index in [4.69, 9.17) is 4.74 Å². The third-order valence-electron chi connectivity index (χ3n) is 3.90. The van der Waals surface area contributed by atoms with Gasteiger partial charge in [-0.3, -0.25) is 9.59 Å². The number of hydrogen-bond donors (Lipinski definition) is 2. The normalized spacial score (nSPS) is 13.1. The minimum atomic E-state index is -0.273. The number of benzene rings is 1. The van der Waals surface area contributed by atoms with E-state index in [-0.39, 0.29) is 18.4 Å². The molecule has 0 aliphatic carbocycles. The maximum absolute atomic E-state index is 12.4. The predicted molar refractivity (Wildman–Crippen MR) is 89.5 cm³/mol. The average Bonchev–Trinajstić information content (AvgIpc) is 3.08. The number of aromatic nitrogens is 3. The van der Waals surface area contributed by atoms with E-state index in [1.807, 2.05) is 13.0 Å². The molecule has 1 aliphatic heterocycles. The number of rotatable bonds is 3. The molecule has 8 nitrogen and oxygen atoms in total. The predicted octanol–water partition coefficient (Wildman–Crippen LogP) is 1.30. The Kier molecular flexibility index (Phi) is 3.57. The van der Waals surface area contributed by atoms with E-state index in [1.165, 1.54) is 0 Å². The molecule has 4 rings (SSSR count). The monoisotopic (exact) mass is 337 g/mol. The van der Waals surface area contributed by atoms with Crippen molar-refractivity contribution in [3.05, 3.63) is 53.5 Å². The molecule has 2 amide bonds. The summed E-state index contributed by atoms with van der Waals surface area (Å²) >= 11 is 0. The minimum absolute atomic E-state index is 0.0190. The molecule has 2 aromatic heterocycles. The van der Waals surface area contributed by atoms with Crippen molar-refractivity contribution in [2.45, 2.75) is 13.5 Å². The second-order valence-corrected chi connectivity index (χ2v) is 5.73. The summed E-state index contributed by atoms with van der Waals surface area (Å²) in [6.45, 7) is 2.20. The van der Waals surface area contributed by atoms with Crippen molar-refractivity contribution < 1.29 is 14.3 Å². The average molecular weight is 337 g/mol. The van der Waals surface area contributed by atoms with Gasteiger partial charge in [0.1, 0.15) is 11.4 Å². The van der Waals surface area contributed by atoms with Gasteiger partial charge in [-0.15, -0.1) is 0 Å². The highest BCUT2D eigenvalue weighted by Gasteiger charge is 2.16. The van der Waals surface area contributed by atoms with Gasteiger partial charge in [-0.05, 0) is 30.7 Å². The first-order chi connectivity index (χ1) is 12.1. The molecule has 2 N–H and O–H groups in total. The van der Waals surface area contributed by atoms with Gasteiger partial charge in [-0.25, -0.2) is 9.50 Å². The molecule has 0 atom stereocenters. The first-order valence-corrected chi connectivity index (χ1v) is 7.75. The van der Waals surface area contributed by atoms with Crippen LogP contribution in [0.4, 0.5) is 5.69 Å². The first-order valence-electron chi connectivity index (χ1n) is 7.75. The van der Waals surface area contributed by atoms with E-state index in [9.17, 15) is 9.59 Å². The van der Waals surface area contributed by atoms with Crippen molar-refractivity contribution in [3.63, 3.8) is 0 Å². The Morgan fingerprint density at radius 2 is 2.24 bits per heavy atom. The van der Waals surface area contributed by atoms with Gasteiger partial charge in [0.15, 0.2) is 12.3 Å². The lowest BCUT2D eigenvalue weighted by Crippen LogP contribution is -2.26. The van der Waals surface area contributed by atoms with Crippen molar-refractivity contribution in [2.24, 2.45) is 0 Å². The van der Waals surface area contributed by atoms with Gasteiger partial charge in [-0.2, -0.15) is 5.10 Å². The topological polar surface area (TPSA) is 97.6 Å². The van der Waals surface area contributed by atoms with Gasteiger partial charge in [0.2, 0.25) is 0 Å². The molecule has 126 valence electrons. The second kappa shape index (κ2) is 5.90. The number of carbonyl (C=O) groups excluding carboxylic acids is 2. The smallest absolute Gasteiger partial charge is 0.270 e. The number of aryl methyl sites for hydroxylation is 1. The summed E-state index contributed by atoms with van der Waals surface area (Å²) in [6, 6.07) is 8.84. The van der Waals surface area contributed by atoms with Crippen LogP contribution in [0.25, 0.3) is 5.65 Å². The van der Waals surface area contributed by atoms with Crippen LogP contribution in [0.5, 0.6) is 5.75 Å². The van der Waals surface area contributed by atoms with E-state index >= 15 is 0 Å². The SMILES string of the molecule is Cc1cc(C(=O)NCc2ccc3c(c2)NC(=O)CO3)nc2ccnn12. The molecule has 25 heavy (non-hydrogen) atoms. The second-order valence-electron chi connectivity index (χ2n) is 5.73. The standard InChI is InChI=1S/C17H15N5O3/c1-10-6-13(20-15-4-5-19-22(10)15)17(24)18-8-11-2-3-14-12(7-11)21-16(23)9-25-14/h2-7H,8-9H2,1H3,(H,18,24)(H,21,23). The van der Waals surface area contributed by atoms with Crippen molar-refractivity contribution in [3.8, 4) is 5.75 Å². The van der Waals surface area contributed by atoms with Crippen molar-refractivity contribution in [2.75, 3.05) is 11.9 Å². The largest absolute Gasteiger partial charge is 0.482 e. The van der Waals surface area contributed by atoms with Gasteiger partial charge in [0, 0.05) is 18.3 Å². The zero-order chi connectivity index (χ0) is 17.4. The molecular formula is C17H15N5O3. The van der Waals surface area contributed by atoms with E-state index in [2.05, 4.69) is 20.7 Å². The molecule has 0 unspecified atom stereocenters. The van der Waals surface area contributed by atoms with E-state index in [0.29, 0.717) is 29.3 Å². The van der Waals surface area contributed by atoms with Crippen molar-refractivity contribution in [1.82, 2.24) is 19.9 Å². The summed E-state index contributed by atoms with van der Waals surface area (Å²) in [4.78, 5) is 28.1. The summed E-state index contributed by atoms with van der Waals surface area (Å²) < 4.78 is 6.98. The Hall–Kier alpha value is -3.42. The number of carbonyl (C=O) groups is 2. The van der Waals surface area contributed by atoms with Crippen LogP contribution in [-0.4, -0.2) is 33.0 Å². The zero-order valence-electron chi connectivity index (χ0n) is 13.4. The lowest BCUT2D eigenvalue weighted by Gasteiger charge is -2.18. The van der Waals surface area contributed by atoms with Crippen LogP contribution in [-0.2, 0) is 11.3 Å². The Morgan fingerprint density at radius 3 is 3.12 bits per heavy atom. The number of nitrogens with zero attached hydrogens (tertiary/aromatic N) is 3. The molecule has 0 bridgehead atoms. The third-order valence-corrected chi connectivity index (χ3v) is 3.90. The molecule has 0 fully saturated rings. The summed E-state index contributed by atoms with van der Waals surface area (Å²) in [6.07, 6.45) is 1.64. The van der Waals surface area contributed by atoms with E-state index in [1.54, 1.807) is 35.0 Å². The number of fused-ring (bicyclic) bond motifs is 2. The fourth-order valence-electron chi connectivity index (χ4n) is 2.70. The zero-order valence-corrected chi connectivity index (χ0v) is 13.4. The van der Waals surface area contributed by atoms with Gasteiger partial charge < -0.3 is 15.4 Å². The molecule has 0 radical (unpaired) electrons. The Labute approximate surface area is 142 Å². The molecule has 3 aromatic rings. The summed E-state index contributed by atoms with van der Waals surface area (Å²) in [5, 5.41) is 9.71. The Morgan fingerprint density at radius 1 is 1.36 bits per heavy atom. The van der Waals surface area contributed by atoms with Crippen LogP contribution in [0.2, 0.25) is 0 Å². The summed E-state index contributed by atoms with van der Waals surface area (Å²) in [5.74, 6) is 0.158. The maximum atomic E-state index is 12.4. The fourth-order valence-corrected chi connectivity index (χ4v) is 2.70. The highest BCUT2D eigenvalue weighted by Crippen LogP contribution is 2.28. The Balaban J connectivity index is 1.49.